The van der Waals surface area contributed by atoms with Gasteiger partial charge in [0.05, 0.1) is 6.04 Å². The highest BCUT2D eigenvalue weighted by Gasteiger charge is 2.29. The molecule has 0 spiro atoms. The van der Waals surface area contributed by atoms with Crippen molar-refractivity contribution >= 4 is 23.3 Å². The van der Waals surface area contributed by atoms with Gasteiger partial charge in [-0.05, 0) is 27.7 Å². The van der Waals surface area contributed by atoms with Gasteiger partial charge in [0.2, 0.25) is 0 Å². The maximum Gasteiger partial charge on any atom is 0.328 e. The Morgan fingerprint density at radius 2 is 2.11 bits per heavy atom. The van der Waals surface area contributed by atoms with Crippen LogP contribution in [0.25, 0.3) is 0 Å². The van der Waals surface area contributed by atoms with E-state index in [9.17, 15) is 9.59 Å². The fourth-order valence-corrected chi connectivity index (χ4v) is 2.01. The molecule has 2 amide bonds. The highest BCUT2D eigenvalue weighted by atomic mass is 32.1. The lowest BCUT2D eigenvalue weighted by Gasteiger charge is -2.22. The lowest BCUT2D eigenvalue weighted by molar-refractivity contribution is -0.142. The summed E-state index contributed by atoms with van der Waals surface area (Å²) in [6.07, 6.45) is 0. The second-order valence-corrected chi connectivity index (χ2v) is 5.47. The normalized spacial score (nSPS) is 12.9. The minimum atomic E-state index is -1.30. The summed E-state index contributed by atoms with van der Waals surface area (Å²) in [7, 11) is 0. The molecule has 18 heavy (non-hydrogen) atoms. The molecule has 1 heterocycles. The van der Waals surface area contributed by atoms with Crippen molar-refractivity contribution in [1.29, 1.82) is 0 Å². The lowest BCUT2D eigenvalue weighted by Crippen LogP contribution is -2.53. The molecular formula is C11H17N3O3S. The zero-order valence-electron chi connectivity index (χ0n) is 10.8. The smallest absolute Gasteiger partial charge is 0.328 e. The molecule has 7 heteroatoms. The van der Waals surface area contributed by atoms with Crippen LogP contribution in [0.15, 0.2) is 5.38 Å². The Labute approximate surface area is 109 Å². The number of urea groups is 1. The summed E-state index contributed by atoms with van der Waals surface area (Å²) in [5, 5.41) is 16.6. The average molecular weight is 271 g/mol. The molecule has 0 fully saturated rings. The van der Waals surface area contributed by atoms with Gasteiger partial charge in [0.25, 0.3) is 0 Å². The van der Waals surface area contributed by atoms with Crippen LogP contribution in [0.2, 0.25) is 0 Å². The standard InChI is InChI=1S/C11H17N3O3S/c1-6-5-18-8(12-6)7(2)13-10(17)14-11(3,4)9(15)16/h5,7H,1-4H3,(H,15,16)(H2,13,14,17). The second-order valence-electron chi connectivity index (χ2n) is 4.58. The van der Waals surface area contributed by atoms with E-state index in [1.165, 1.54) is 25.2 Å². The van der Waals surface area contributed by atoms with E-state index < -0.39 is 17.5 Å². The van der Waals surface area contributed by atoms with E-state index >= 15 is 0 Å². The fraction of sp³-hybridized carbons (Fsp3) is 0.545. The van der Waals surface area contributed by atoms with Crippen molar-refractivity contribution in [1.82, 2.24) is 15.6 Å². The number of aliphatic carboxylic acids is 1. The lowest BCUT2D eigenvalue weighted by atomic mass is 10.1. The molecule has 3 N–H and O–H groups in total. The first-order chi connectivity index (χ1) is 8.22. The SMILES string of the molecule is Cc1csc(C(C)NC(=O)NC(C)(C)C(=O)O)n1. The third-order valence-corrected chi connectivity index (χ3v) is 3.46. The van der Waals surface area contributed by atoms with Crippen LogP contribution in [0.5, 0.6) is 0 Å². The molecule has 0 bridgehead atoms. The Morgan fingerprint density at radius 3 is 2.56 bits per heavy atom. The van der Waals surface area contributed by atoms with Crippen molar-refractivity contribution in [2.75, 3.05) is 0 Å². The second kappa shape index (κ2) is 5.34. The monoisotopic (exact) mass is 271 g/mol. The van der Waals surface area contributed by atoms with Crippen LogP contribution in [-0.2, 0) is 4.79 Å². The molecule has 1 aromatic rings. The third-order valence-electron chi connectivity index (χ3n) is 2.32. The molecule has 1 aromatic heterocycles. The number of thiazole rings is 1. The van der Waals surface area contributed by atoms with Gasteiger partial charge in [-0.1, -0.05) is 0 Å². The van der Waals surface area contributed by atoms with E-state index in [0.717, 1.165) is 10.7 Å². The van der Waals surface area contributed by atoms with Crippen LogP contribution in [-0.4, -0.2) is 27.6 Å². The van der Waals surface area contributed by atoms with E-state index in [1.54, 1.807) is 6.92 Å². The van der Waals surface area contributed by atoms with Gasteiger partial charge >= 0.3 is 12.0 Å². The number of carbonyl (C=O) groups excluding carboxylic acids is 1. The van der Waals surface area contributed by atoms with Crippen LogP contribution >= 0.6 is 11.3 Å². The van der Waals surface area contributed by atoms with Crippen LogP contribution in [0, 0.1) is 6.92 Å². The third kappa shape index (κ3) is 3.69. The molecule has 1 unspecified atom stereocenters. The maximum absolute atomic E-state index is 11.6. The van der Waals surface area contributed by atoms with E-state index in [-0.39, 0.29) is 6.04 Å². The number of carboxylic acid groups (broad SMARTS) is 1. The number of hydrogen-bond acceptors (Lipinski definition) is 4. The summed E-state index contributed by atoms with van der Waals surface area (Å²) in [5.74, 6) is -1.09. The number of carboxylic acids is 1. The van der Waals surface area contributed by atoms with Gasteiger partial charge in [-0.3, -0.25) is 0 Å². The molecule has 6 nitrogen and oxygen atoms in total. The van der Waals surface area contributed by atoms with Crippen molar-refractivity contribution in [3.8, 4) is 0 Å². The molecule has 0 aliphatic heterocycles. The Morgan fingerprint density at radius 1 is 1.50 bits per heavy atom. The summed E-state index contributed by atoms with van der Waals surface area (Å²) in [6.45, 7) is 6.52. The summed E-state index contributed by atoms with van der Waals surface area (Å²) in [5.41, 5.74) is -0.405. The van der Waals surface area contributed by atoms with E-state index in [4.69, 9.17) is 5.11 Å². The van der Waals surface area contributed by atoms with Gasteiger partial charge in [-0.2, -0.15) is 0 Å². The summed E-state index contributed by atoms with van der Waals surface area (Å²) in [4.78, 5) is 26.8. The Hall–Kier alpha value is -1.63. The number of aryl methyl sites for hydroxylation is 1. The van der Waals surface area contributed by atoms with Crippen molar-refractivity contribution in [2.24, 2.45) is 0 Å². The van der Waals surface area contributed by atoms with E-state index in [0.29, 0.717) is 0 Å². The first-order valence-corrected chi connectivity index (χ1v) is 6.34. The molecule has 1 atom stereocenters. The Kier molecular flexibility index (Phi) is 4.28. The van der Waals surface area contributed by atoms with E-state index in [1.807, 2.05) is 12.3 Å². The molecule has 0 radical (unpaired) electrons. The molecule has 0 aromatic carbocycles. The van der Waals surface area contributed by atoms with Crippen LogP contribution in [0.3, 0.4) is 0 Å². The molecule has 100 valence electrons. The molecular weight excluding hydrogens is 254 g/mol. The Balaban J connectivity index is 2.58. The molecule has 0 aliphatic rings. The first-order valence-electron chi connectivity index (χ1n) is 5.46. The van der Waals surface area contributed by atoms with Crippen molar-refractivity contribution in [2.45, 2.75) is 39.3 Å². The molecule has 0 saturated heterocycles. The minimum Gasteiger partial charge on any atom is -0.480 e. The molecule has 1 rings (SSSR count). The van der Waals surface area contributed by atoms with Crippen molar-refractivity contribution < 1.29 is 14.7 Å². The number of amides is 2. The topological polar surface area (TPSA) is 91.3 Å². The van der Waals surface area contributed by atoms with Crippen LogP contribution in [0.4, 0.5) is 4.79 Å². The fourth-order valence-electron chi connectivity index (χ4n) is 1.20. The predicted octanol–water partition coefficient (Wildman–Crippen LogP) is 1.67. The first kappa shape index (κ1) is 14.4. The van der Waals surface area contributed by atoms with Crippen molar-refractivity contribution in [3.05, 3.63) is 16.1 Å². The quantitative estimate of drug-likeness (QED) is 0.777. The number of rotatable bonds is 4. The van der Waals surface area contributed by atoms with Crippen LogP contribution < -0.4 is 10.6 Å². The number of nitrogens with zero attached hydrogens (tertiary/aromatic N) is 1. The van der Waals surface area contributed by atoms with Gasteiger partial charge in [-0.15, -0.1) is 11.3 Å². The van der Waals surface area contributed by atoms with Gasteiger partial charge < -0.3 is 15.7 Å². The van der Waals surface area contributed by atoms with Gasteiger partial charge in [-0.25, -0.2) is 14.6 Å². The predicted molar refractivity (Wildman–Crippen MR) is 68.6 cm³/mol. The Bertz CT molecular complexity index is 456. The highest BCUT2D eigenvalue weighted by Crippen LogP contribution is 2.17. The number of aromatic nitrogens is 1. The number of nitrogens with one attached hydrogen (secondary N) is 2. The van der Waals surface area contributed by atoms with Crippen molar-refractivity contribution in [3.63, 3.8) is 0 Å². The largest absolute Gasteiger partial charge is 0.480 e. The zero-order chi connectivity index (χ0) is 13.9. The average Bonchev–Trinajstić information content (AvgIpc) is 2.63. The zero-order valence-corrected chi connectivity index (χ0v) is 11.6. The van der Waals surface area contributed by atoms with E-state index in [2.05, 4.69) is 15.6 Å². The van der Waals surface area contributed by atoms with Gasteiger partial charge in [0.15, 0.2) is 0 Å². The minimum absolute atomic E-state index is 0.256. The maximum atomic E-state index is 11.6. The van der Waals surface area contributed by atoms with Gasteiger partial charge in [0.1, 0.15) is 10.5 Å². The summed E-state index contributed by atoms with van der Waals surface area (Å²) in [6, 6.07) is -0.781. The summed E-state index contributed by atoms with van der Waals surface area (Å²) >= 11 is 1.45. The molecule has 0 aliphatic carbocycles. The summed E-state index contributed by atoms with van der Waals surface area (Å²) < 4.78 is 0. The number of carbonyl (C=O) groups is 2. The van der Waals surface area contributed by atoms with Gasteiger partial charge in [0, 0.05) is 11.1 Å². The van der Waals surface area contributed by atoms with Crippen LogP contribution in [0.1, 0.15) is 37.5 Å². The molecule has 0 saturated carbocycles. The highest BCUT2D eigenvalue weighted by molar-refractivity contribution is 7.09. The number of hydrogen-bond donors (Lipinski definition) is 3.